The zero-order valence-electron chi connectivity index (χ0n) is 10.5. The van der Waals surface area contributed by atoms with E-state index in [0.717, 1.165) is 15.2 Å². The standard InChI is InChI=1S/C13H8BrFN6/c14-7-4-16-12-11(7)13(18-5-17-12)20-10-1-6-3-19-21-9(6)2-8(10)15/h1-5H,(H,19,21)(H2,16,17,18,20). The van der Waals surface area contributed by atoms with Crippen molar-refractivity contribution in [3.05, 3.63) is 41.1 Å². The number of hydrogen-bond acceptors (Lipinski definition) is 4. The van der Waals surface area contributed by atoms with Gasteiger partial charge in [0.25, 0.3) is 0 Å². The SMILES string of the molecule is Fc1cc2[nH]ncc2cc1Nc1ncnc2[nH]cc(Br)c12. The molecule has 0 amide bonds. The molecule has 21 heavy (non-hydrogen) atoms. The van der Waals surface area contributed by atoms with Gasteiger partial charge in [0.2, 0.25) is 0 Å². The highest BCUT2D eigenvalue weighted by molar-refractivity contribution is 9.10. The molecular formula is C13H8BrFN6. The van der Waals surface area contributed by atoms with E-state index in [-0.39, 0.29) is 5.82 Å². The normalized spacial score (nSPS) is 11.3. The first-order chi connectivity index (χ1) is 10.2. The summed E-state index contributed by atoms with van der Waals surface area (Å²) in [6, 6.07) is 3.08. The summed E-state index contributed by atoms with van der Waals surface area (Å²) in [5.41, 5.74) is 1.65. The van der Waals surface area contributed by atoms with Gasteiger partial charge in [-0.2, -0.15) is 5.10 Å². The predicted octanol–water partition coefficient (Wildman–Crippen LogP) is 3.48. The maximum absolute atomic E-state index is 14.1. The number of aromatic nitrogens is 5. The number of aromatic amines is 2. The van der Waals surface area contributed by atoms with Gasteiger partial charge in [-0.3, -0.25) is 5.10 Å². The molecule has 0 aliphatic heterocycles. The summed E-state index contributed by atoms with van der Waals surface area (Å²) in [5.74, 6) is 0.139. The van der Waals surface area contributed by atoms with E-state index >= 15 is 0 Å². The molecule has 4 rings (SSSR count). The van der Waals surface area contributed by atoms with Gasteiger partial charge >= 0.3 is 0 Å². The van der Waals surface area contributed by atoms with Crippen molar-refractivity contribution in [2.24, 2.45) is 0 Å². The lowest BCUT2D eigenvalue weighted by molar-refractivity contribution is 0.633. The van der Waals surface area contributed by atoms with E-state index in [1.54, 1.807) is 18.5 Å². The van der Waals surface area contributed by atoms with E-state index in [2.05, 4.69) is 46.4 Å². The minimum Gasteiger partial charge on any atom is -0.345 e. The molecule has 0 aliphatic carbocycles. The number of H-pyrrole nitrogens is 2. The van der Waals surface area contributed by atoms with Crippen LogP contribution in [0.4, 0.5) is 15.9 Å². The van der Waals surface area contributed by atoms with E-state index in [9.17, 15) is 4.39 Å². The van der Waals surface area contributed by atoms with Gasteiger partial charge in [-0.25, -0.2) is 14.4 Å². The summed E-state index contributed by atoms with van der Waals surface area (Å²) in [6.45, 7) is 0. The van der Waals surface area contributed by atoms with Crippen LogP contribution in [0.1, 0.15) is 0 Å². The Labute approximate surface area is 125 Å². The lowest BCUT2D eigenvalue weighted by Crippen LogP contribution is -1.97. The van der Waals surface area contributed by atoms with Crippen molar-refractivity contribution in [2.45, 2.75) is 0 Å². The number of anilines is 2. The van der Waals surface area contributed by atoms with Gasteiger partial charge in [0.1, 0.15) is 23.6 Å². The second kappa shape index (κ2) is 4.52. The summed E-state index contributed by atoms with van der Waals surface area (Å²) >= 11 is 3.42. The van der Waals surface area contributed by atoms with Crippen LogP contribution in [-0.4, -0.2) is 25.1 Å². The third-order valence-electron chi connectivity index (χ3n) is 3.20. The molecule has 0 unspecified atom stereocenters. The van der Waals surface area contributed by atoms with Crippen LogP contribution in [0.2, 0.25) is 0 Å². The summed E-state index contributed by atoms with van der Waals surface area (Å²) in [5, 5.41) is 11.2. The Morgan fingerprint density at radius 3 is 3.05 bits per heavy atom. The summed E-state index contributed by atoms with van der Waals surface area (Å²) in [4.78, 5) is 11.3. The molecule has 3 heterocycles. The number of fused-ring (bicyclic) bond motifs is 2. The van der Waals surface area contributed by atoms with Gasteiger partial charge < -0.3 is 10.3 Å². The van der Waals surface area contributed by atoms with E-state index < -0.39 is 0 Å². The van der Waals surface area contributed by atoms with Gasteiger partial charge in [0.15, 0.2) is 0 Å². The van der Waals surface area contributed by atoms with Gasteiger partial charge in [-0.1, -0.05) is 0 Å². The quantitative estimate of drug-likeness (QED) is 0.519. The molecule has 1 aromatic carbocycles. The number of benzene rings is 1. The van der Waals surface area contributed by atoms with Gasteiger partial charge in [-0.05, 0) is 22.0 Å². The first-order valence-corrected chi connectivity index (χ1v) is 6.89. The van der Waals surface area contributed by atoms with Crippen molar-refractivity contribution >= 4 is 49.4 Å². The zero-order chi connectivity index (χ0) is 14.4. The summed E-state index contributed by atoms with van der Waals surface area (Å²) in [7, 11) is 0. The van der Waals surface area contributed by atoms with E-state index in [1.165, 1.54) is 12.4 Å². The number of nitrogens with one attached hydrogen (secondary N) is 3. The highest BCUT2D eigenvalue weighted by atomic mass is 79.9. The largest absolute Gasteiger partial charge is 0.345 e. The average molecular weight is 347 g/mol. The Bertz CT molecular complexity index is 960. The Morgan fingerprint density at radius 2 is 2.14 bits per heavy atom. The van der Waals surface area contributed by atoms with Crippen LogP contribution in [-0.2, 0) is 0 Å². The molecule has 4 aromatic rings. The molecule has 0 fully saturated rings. The first-order valence-electron chi connectivity index (χ1n) is 6.09. The number of hydrogen-bond donors (Lipinski definition) is 3. The molecule has 0 atom stereocenters. The van der Waals surface area contributed by atoms with Gasteiger partial charge in [0, 0.05) is 22.1 Å². The highest BCUT2D eigenvalue weighted by Crippen LogP contribution is 2.31. The van der Waals surface area contributed by atoms with E-state index in [4.69, 9.17) is 0 Å². The van der Waals surface area contributed by atoms with Crippen molar-refractivity contribution in [3.63, 3.8) is 0 Å². The fourth-order valence-corrected chi connectivity index (χ4v) is 2.70. The summed E-state index contributed by atoms with van der Waals surface area (Å²) < 4.78 is 14.9. The first kappa shape index (κ1) is 12.3. The van der Waals surface area contributed by atoms with Crippen LogP contribution in [0.25, 0.3) is 21.9 Å². The topological polar surface area (TPSA) is 82.3 Å². The molecule has 0 saturated carbocycles. The van der Waals surface area contributed by atoms with Crippen LogP contribution >= 0.6 is 15.9 Å². The maximum atomic E-state index is 14.1. The van der Waals surface area contributed by atoms with Gasteiger partial charge in [-0.15, -0.1) is 0 Å². The van der Waals surface area contributed by atoms with Crippen molar-refractivity contribution in [3.8, 4) is 0 Å². The predicted molar refractivity (Wildman–Crippen MR) is 80.9 cm³/mol. The smallest absolute Gasteiger partial charge is 0.148 e. The van der Waals surface area contributed by atoms with E-state index in [0.29, 0.717) is 22.7 Å². The molecule has 3 N–H and O–H groups in total. The Kier molecular flexibility index (Phi) is 2.64. The van der Waals surface area contributed by atoms with Crippen molar-refractivity contribution < 1.29 is 4.39 Å². The zero-order valence-corrected chi connectivity index (χ0v) is 12.1. The molecule has 3 aromatic heterocycles. The lowest BCUT2D eigenvalue weighted by atomic mass is 10.2. The molecule has 0 aliphatic rings. The van der Waals surface area contributed by atoms with Crippen LogP contribution in [0, 0.1) is 5.82 Å². The van der Waals surface area contributed by atoms with Crippen LogP contribution in [0.5, 0.6) is 0 Å². The third kappa shape index (κ3) is 1.95. The molecule has 6 nitrogen and oxygen atoms in total. The highest BCUT2D eigenvalue weighted by Gasteiger charge is 2.12. The monoisotopic (exact) mass is 346 g/mol. The van der Waals surface area contributed by atoms with Crippen molar-refractivity contribution in [2.75, 3.05) is 5.32 Å². The fourth-order valence-electron chi connectivity index (χ4n) is 2.21. The minimum atomic E-state index is -0.384. The van der Waals surface area contributed by atoms with E-state index in [1.807, 2.05) is 0 Å². The van der Waals surface area contributed by atoms with Crippen LogP contribution in [0.15, 0.2) is 35.3 Å². The average Bonchev–Trinajstić information content (AvgIpc) is 3.07. The molecule has 0 bridgehead atoms. The molecule has 0 saturated heterocycles. The van der Waals surface area contributed by atoms with Crippen molar-refractivity contribution in [1.29, 1.82) is 0 Å². The molecule has 0 radical (unpaired) electrons. The fraction of sp³-hybridized carbons (Fsp3) is 0. The Hall–Kier alpha value is -2.48. The lowest BCUT2D eigenvalue weighted by Gasteiger charge is -2.08. The third-order valence-corrected chi connectivity index (χ3v) is 3.83. The Morgan fingerprint density at radius 1 is 1.24 bits per heavy atom. The molecule has 0 spiro atoms. The number of halogens is 2. The Balaban J connectivity index is 1.86. The number of nitrogens with zero attached hydrogens (tertiary/aromatic N) is 3. The minimum absolute atomic E-state index is 0.331. The summed E-state index contributed by atoms with van der Waals surface area (Å²) in [6.07, 6.45) is 4.82. The molecule has 8 heteroatoms. The van der Waals surface area contributed by atoms with Crippen LogP contribution < -0.4 is 5.32 Å². The second-order valence-electron chi connectivity index (χ2n) is 4.50. The van der Waals surface area contributed by atoms with Gasteiger partial charge in [0.05, 0.1) is 22.8 Å². The second-order valence-corrected chi connectivity index (χ2v) is 5.35. The van der Waals surface area contributed by atoms with Crippen molar-refractivity contribution in [1.82, 2.24) is 25.1 Å². The van der Waals surface area contributed by atoms with Crippen LogP contribution in [0.3, 0.4) is 0 Å². The molecule has 104 valence electrons. The molecular weight excluding hydrogens is 339 g/mol. The number of rotatable bonds is 2. The maximum Gasteiger partial charge on any atom is 0.148 e.